The number of hydrogen-bond donors (Lipinski definition) is 1. The van der Waals surface area contributed by atoms with Crippen LogP contribution in [0.2, 0.25) is 0 Å². The lowest BCUT2D eigenvalue weighted by molar-refractivity contribution is 0.0478. The number of hydrogen-bond acceptors (Lipinski definition) is 3. The van der Waals surface area contributed by atoms with E-state index in [9.17, 15) is 0 Å². The van der Waals surface area contributed by atoms with Gasteiger partial charge in [-0.25, -0.2) is 0 Å². The molecule has 16 heavy (non-hydrogen) atoms. The van der Waals surface area contributed by atoms with Crippen molar-refractivity contribution < 1.29 is 5.11 Å². The van der Waals surface area contributed by atoms with Gasteiger partial charge in [-0.15, -0.1) is 11.3 Å². The fourth-order valence-electron chi connectivity index (χ4n) is 3.02. The molecule has 2 heterocycles. The Kier molecular flexibility index (Phi) is 3.01. The molecule has 0 amide bonds. The van der Waals surface area contributed by atoms with Gasteiger partial charge in [0.25, 0.3) is 0 Å². The molecule has 2 nitrogen and oxygen atoms in total. The van der Waals surface area contributed by atoms with Crippen molar-refractivity contribution in [3.05, 3.63) is 21.9 Å². The molecule has 1 aliphatic carbocycles. The summed E-state index contributed by atoms with van der Waals surface area (Å²) in [5.41, 5.74) is 1.61. The molecular weight excluding hydrogens is 218 g/mol. The van der Waals surface area contributed by atoms with Crippen LogP contribution < -0.4 is 0 Å². The molecule has 1 fully saturated rings. The van der Waals surface area contributed by atoms with Crippen molar-refractivity contribution >= 4 is 11.3 Å². The maximum absolute atomic E-state index is 9.01. The number of thiophene rings is 1. The minimum Gasteiger partial charge on any atom is -0.396 e. The standard InChI is InChI=1S/C13H19NOS/c15-9-10-6-14(7-10)8-11-2-1-3-13-12(11)4-5-16-13/h4-5,10-11,15H,1-3,6-9H2. The molecule has 88 valence electrons. The van der Waals surface area contributed by atoms with Gasteiger partial charge in [-0.3, -0.25) is 0 Å². The molecular formula is C13H19NOS. The van der Waals surface area contributed by atoms with Crippen molar-refractivity contribution in [1.29, 1.82) is 0 Å². The number of likely N-dealkylation sites (tertiary alicyclic amines) is 1. The lowest BCUT2D eigenvalue weighted by atomic mass is 9.86. The smallest absolute Gasteiger partial charge is 0.0483 e. The average molecular weight is 237 g/mol. The molecule has 3 rings (SSSR count). The summed E-state index contributed by atoms with van der Waals surface area (Å²) in [5.74, 6) is 1.31. The highest BCUT2D eigenvalue weighted by molar-refractivity contribution is 7.10. The summed E-state index contributed by atoms with van der Waals surface area (Å²) >= 11 is 1.93. The predicted molar refractivity (Wildman–Crippen MR) is 67.0 cm³/mol. The fraction of sp³-hybridized carbons (Fsp3) is 0.692. The first-order valence-corrected chi connectivity index (χ1v) is 7.14. The highest BCUT2D eigenvalue weighted by atomic mass is 32.1. The lowest BCUT2D eigenvalue weighted by Gasteiger charge is -2.41. The summed E-state index contributed by atoms with van der Waals surface area (Å²) in [4.78, 5) is 4.12. The minimum atomic E-state index is 0.366. The highest BCUT2D eigenvalue weighted by Gasteiger charge is 2.30. The van der Waals surface area contributed by atoms with Gasteiger partial charge in [0.15, 0.2) is 0 Å². The van der Waals surface area contributed by atoms with Gasteiger partial charge in [-0.1, -0.05) is 0 Å². The van der Waals surface area contributed by atoms with E-state index >= 15 is 0 Å². The van der Waals surface area contributed by atoms with Crippen LogP contribution >= 0.6 is 11.3 Å². The van der Waals surface area contributed by atoms with Crippen molar-refractivity contribution in [3.8, 4) is 0 Å². The highest BCUT2D eigenvalue weighted by Crippen LogP contribution is 2.36. The summed E-state index contributed by atoms with van der Waals surface area (Å²) in [6.07, 6.45) is 4.00. The molecule has 0 saturated carbocycles. The number of fused-ring (bicyclic) bond motifs is 1. The van der Waals surface area contributed by atoms with Gasteiger partial charge >= 0.3 is 0 Å². The first-order chi connectivity index (χ1) is 7.86. The predicted octanol–water partition coefficient (Wildman–Crippen LogP) is 2.09. The Morgan fingerprint density at radius 3 is 3.12 bits per heavy atom. The van der Waals surface area contributed by atoms with E-state index in [0.29, 0.717) is 12.5 Å². The van der Waals surface area contributed by atoms with Gasteiger partial charge in [-0.2, -0.15) is 0 Å². The molecule has 1 aromatic heterocycles. The molecule has 1 unspecified atom stereocenters. The lowest BCUT2D eigenvalue weighted by Crippen LogP contribution is -2.49. The molecule has 0 bridgehead atoms. The Morgan fingerprint density at radius 1 is 1.44 bits per heavy atom. The van der Waals surface area contributed by atoms with E-state index < -0.39 is 0 Å². The van der Waals surface area contributed by atoms with Gasteiger partial charge in [0, 0.05) is 37.0 Å². The van der Waals surface area contributed by atoms with Crippen molar-refractivity contribution in [3.63, 3.8) is 0 Å². The largest absolute Gasteiger partial charge is 0.396 e. The van der Waals surface area contributed by atoms with E-state index in [1.165, 1.54) is 25.8 Å². The van der Waals surface area contributed by atoms with Gasteiger partial charge in [0.05, 0.1) is 0 Å². The molecule has 1 N–H and O–H groups in total. The normalized spacial score (nSPS) is 26.4. The third-order valence-corrected chi connectivity index (χ3v) is 4.94. The summed E-state index contributed by atoms with van der Waals surface area (Å²) in [5, 5.41) is 11.3. The SMILES string of the molecule is OCC1CN(CC2CCCc3sccc32)C1. The molecule has 1 atom stereocenters. The molecule has 0 radical (unpaired) electrons. The third kappa shape index (κ3) is 1.92. The number of aliphatic hydroxyl groups is 1. The second kappa shape index (κ2) is 4.47. The quantitative estimate of drug-likeness (QED) is 0.870. The van der Waals surface area contributed by atoms with Crippen LogP contribution in [-0.2, 0) is 6.42 Å². The van der Waals surface area contributed by atoms with Crippen LogP contribution in [0.1, 0.15) is 29.2 Å². The van der Waals surface area contributed by atoms with E-state index in [1.807, 2.05) is 11.3 Å². The summed E-state index contributed by atoms with van der Waals surface area (Å²) < 4.78 is 0. The Morgan fingerprint density at radius 2 is 2.31 bits per heavy atom. The Labute approximate surface area is 101 Å². The maximum atomic E-state index is 9.01. The Balaban J connectivity index is 1.61. The van der Waals surface area contributed by atoms with Crippen molar-refractivity contribution in [2.24, 2.45) is 5.92 Å². The molecule has 1 aliphatic heterocycles. The van der Waals surface area contributed by atoms with Crippen molar-refractivity contribution in [1.82, 2.24) is 4.90 Å². The van der Waals surface area contributed by atoms with Crippen molar-refractivity contribution in [2.75, 3.05) is 26.2 Å². The number of nitrogens with zero attached hydrogens (tertiary/aromatic N) is 1. The van der Waals surface area contributed by atoms with Gasteiger partial charge in [-0.05, 0) is 42.2 Å². The van der Waals surface area contributed by atoms with E-state index in [0.717, 1.165) is 19.0 Å². The van der Waals surface area contributed by atoms with E-state index in [1.54, 1.807) is 10.4 Å². The van der Waals surface area contributed by atoms with Gasteiger partial charge in [0.2, 0.25) is 0 Å². The summed E-state index contributed by atoms with van der Waals surface area (Å²) in [6.45, 7) is 3.78. The molecule has 3 heteroatoms. The van der Waals surface area contributed by atoms with Crippen LogP contribution in [0.25, 0.3) is 0 Å². The maximum Gasteiger partial charge on any atom is 0.0483 e. The van der Waals surface area contributed by atoms with Crippen LogP contribution in [-0.4, -0.2) is 36.2 Å². The van der Waals surface area contributed by atoms with Gasteiger partial charge in [0.1, 0.15) is 0 Å². The van der Waals surface area contributed by atoms with E-state index in [-0.39, 0.29) is 0 Å². The van der Waals surface area contributed by atoms with Crippen molar-refractivity contribution in [2.45, 2.75) is 25.2 Å². The zero-order chi connectivity index (χ0) is 11.0. The first kappa shape index (κ1) is 10.8. The number of aryl methyl sites for hydroxylation is 1. The van der Waals surface area contributed by atoms with Crippen LogP contribution in [0, 0.1) is 5.92 Å². The number of rotatable bonds is 3. The summed E-state index contributed by atoms with van der Waals surface area (Å²) in [7, 11) is 0. The molecule has 0 spiro atoms. The Bertz CT molecular complexity index is 357. The minimum absolute atomic E-state index is 0.366. The van der Waals surface area contributed by atoms with Crippen LogP contribution in [0.15, 0.2) is 11.4 Å². The first-order valence-electron chi connectivity index (χ1n) is 6.26. The third-order valence-electron chi connectivity index (χ3n) is 3.95. The number of aliphatic hydroxyl groups excluding tert-OH is 1. The second-order valence-electron chi connectivity index (χ2n) is 5.16. The zero-order valence-electron chi connectivity index (χ0n) is 9.56. The second-order valence-corrected chi connectivity index (χ2v) is 6.16. The van der Waals surface area contributed by atoms with Crippen LogP contribution in [0.4, 0.5) is 0 Å². The zero-order valence-corrected chi connectivity index (χ0v) is 10.4. The van der Waals surface area contributed by atoms with Gasteiger partial charge < -0.3 is 10.0 Å². The van der Waals surface area contributed by atoms with Crippen LogP contribution in [0.5, 0.6) is 0 Å². The molecule has 0 aromatic carbocycles. The Hall–Kier alpha value is -0.380. The fourth-order valence-corrected chi connectivity index (χ4v) is 4.04. The average Bonchev–Trinajstić information content (AvgIpc) is 2.71. The molecule has 2 aliphatic rings. The van der Waals surface area contributed by atoms with Crippen LogP contribution in [0.3, 0.4) is 0 Å². The van der Waals surface area contributed by atoms with E-state index in [4.69, 9.17) is 5.11 Å². The monoisotopic (exact) mass is 237 g/mol. The topological polar surface area (TPSA) is 23.5 Å². The molecule has 1 saturated heterocycles. The molecule has 1 aromatic rings. The summed E-state index contributed by atoms with van der Waals surface area (Å²) in [6, 6.07) is 2.33. The van der Waals surface area contributed by atoms with E-state index in [2.05, 4.69) is 16.3 Å².